The van der Waals surface area contributed by atoms with Gasteiger partial charge in [0.2, 0.25) is 0 Å². The van der Waals surface area contributed by atoms with Gasteiger partial charge in [-0.1, -0.05) is 13.0 Å². The fourth-order valence-corrected chi connectivity index (χ4v) is 1.71. The Bertz CT molecular complexity index is 258. The van der Waals surface area contributed by atoms with Gasteiger partial charge in [-0.25, -0.2) is 0 Å². The van der Waals surface area contributed by atoms with Crippen LogP contribution in [0.2, 0.25) is 0 Å². The molecule has 0 spiro atoms. The largest absolute Gasteiger partial charge is 0.326 e. The van der Waals surface area contributed by atoms with E-state index in [1.807, 2.05) is 19.2 Å². The standard InChI is InChI=1S/C11H19N3/c1-4-14(3)11(9(2)12)10-6-5-7-13-8-10/h5-9,11H,4,12H2,1-3H3. The maximum absolute atomic E-state index is 5.98. The van der Waals surface area contributed by atoms with Gasteiger partial charge in [0.15, 0.2) is 0 Å². The van der Waals surface area contributed by atoms with E-state index in [0.717, 1.165) is 6.54 Å². The fraction of sp³-hybridized carbons (Fsp3) is 0.545. The van der Waals surface area contributed by atoms with Crippen molar-refractivity contribution in [3.05, 3.63) is 30.1 Å². The Kier molecular flexibility index (Phi) is 4.04. The molecule has 1 heterocycles. The molecule has 1 rings (SSSR count). The molecule has 0 aliphatic heterocycles. The summed E-state index contributed by atoms with van der Waals surface area (Å²) in [5.41, 5.74) is 7.16. The average Bonchev–Trinajstić information content (AvgIpc) is 2.19. The number of nitrogens with two attached hydrogens (primary N) is 1. The summed E-state index contributed by atoms with van der Waals surface area (Å²) >= 11 is 0. The summed E-state index contributed by atoms with van der Waals surface area (Å²) < 4.78 is 0. The Morgan fingerprint density at radius 3 is 2.71 bits per heavy atom. The van der Waals surface area contributed by atoms with Crippen molar-refractivity contribution in [1.29, 1.82) is 0 Å². The van der Waals surface area contributed by atoms with Gasteiger partial charge in [-0.05, 0) is 32.1 Å². The first-order chi connectivity index (χ1) is 6.66. The summed E-state index contributed by atoms with van der Waals surface area (Å²) in [5.74, 6) is 0. The summed E-state index contributed by atoms with van der Waals surface area (Å²) in [6, 6.07) is 4.40. The Morgan fingerprint density at radius 2 is 2.29 bits per heavy atom. The number of hydrogen-bond donors (Lipinski definition) is 1. The van der Waals surface area contributed by atoms with Gasteiger partial charge < -0.3 is 5.73 Å². The molecule has 2 N–H and O–H groups in total. The zero-order valence-electron chi connectivity index (χ0n) is 9.14. The number of aromatic nitrogens is 1. The van der Waals surface area contributed by atoms with Gasteiger partial charge in [0.1, 0.15) is 0 Å². The second kappa shape index (κ2) is 5.08. The highest BCUT2D eigenvalue weighted by atomic mass is 15.1. The Morgan fingerprint density at radius 1 is 1.57 bits per heavy atom. The van der Waals surface area contributed by atoms with E-state index >= 15 is 0 Å². The summed E-state index contributed by atoms with van der Waals surface area (Å²) in [4.78, 5) is 6.36. The Hall–Kier alpha value is -0.930. The molecule has 1 aromatic heterocycles. The van der Waals surface area contributed by atoms with Gasteiger partial charge >= 0.3 is 0 Å². The zero-order valence-corrected chi connectivity index (χ0v) is 9.14. The van der Waals surface area contributed by atoms with Gasteiger partial charge in [-0.3, -0.25) is 9.88 Å². The number of likely N-dealkylation sites (N-methyl/N-ethyl adjacent to an activating group) is 1. The Balaban J connectivity index is 2.89. The first-order valence-corrected chi connectivity index (χ1v) is 5.02. The lowest BCUT2D eigenvalue weighted by molar-refractivity contribution is 0.229. The third-order valence-corrected chi connectivity index (χ3v) is 2.50. The maximum atomic E-state index is 5.98. The minimum atomic E-state index is 0.115. The van der Waals surface area contributed by atoms with E-state index in [9.17, 15) is 0 Å². The van der Waals surface area contributed by atoms with Crippen LogP contribution in [-0.4, -0.2) is 29.5 Å². The average molecular weight is 193 g/mol. The number of hydrogen-bond acceptors (Lipinski definition) is 3. The fourth-order valence-electron chi connectivity index (χ4n) is 1.71. The predicted molar refractivity (Wildman–Crippen MR) is 58.9 cm³/mol. The highest BCUT2D eigenvalue weighted by Gasteiger charge is 2.19. The lowest BCUT2D eigenvalue weighted by atomic mass is 10.0. The molecule has 0 saturated heterocycles. The molecule has 2 unspecified atom stereocenters. The van der Waals surface area contributed by atoms with Crippen LogP contribution in [0.4, 0.5) is 0 Å². The van der Waals surface area contributed by atoms with Gasteiger partial charge in [0, 0.05) is 18.4 Å². The van der Waals surface area contributed by atoms with Crippen LogP contribution >= 0.6 is 0 Å². The van der Waals surface area contributed by atoms with E-state index in [2.05, 4.69) is 29.9 Å². The van der Waals surface area contributed by atoms with Crippen molar-refractivity contribution in [1.82, 2.24) is 9.88 Å². The molecule has 0 radical (unpaired) electrons. The minimum absolute atomic E-state index is 0.115. The molecule has 0 bridgehead atoms. The molecular weight excluding hydrogens is 174 g/mol. The van der Waals surface area contributed by atoms with E-state index in [-0.39, 0.29) is 12.1 Å². The molecule has 0 aromatic carbocycles. The molecular formula is C11H19N3. The molecule has 0 aliphatic carbocycles. The predicted octanol–water partition coefficient (Wildman–Crippen LogP) is 1.42. The monoisotopic (exact) mass is 193 g/mol. The van der Waals surface area contributed by atoms with Crippen LogP contribution in [0.1, 0.15) is 25.5 Å². The van der Waals surface area contributed by atoms with Crippen molar-refractivity contribution >= 4 is 0 Å². The third-order valence-electron chi connectivity index (χ3n) is 2.50. The Labute approximate surface area is 85.9 Å². The van der Waals surface area contributed by atoms with Crippen LogP contribution in [0, 0.1) is 0 Å². The first kappa shape index (κ1) is 11.1. The molecule has 0 aliphatic rings. The summed E-state index contributed by atoms with van der Waals surface area (Å²) in [6.45, 7) is 5.15. The third kappa shape index (κ3) is 2.53. The first-order valence-electron chi connectivity index (χ1n) is 5.02. The zero-order chi connectivity index (χ0) is 10.6. The van der Waals surface area contributed by atoms with Crippen molar-refractivity contribution < 1.29 is 0 Å². The van der Waals surface area contributed by atoms with Crippen LogP contribution in [-0.2, 0) is 0 Å². The van der Waals surface area contributed by atoms with Crippen LogP contribution in [0.5, 0.6) is 0 Å². The van der Waals surface area contributed by atoms with Gasteiger partial charge in [-0.2, -0.15) is 0 Å². The lowest BCUT2D eigenvalue weighted by Gasteiger charge is -2.30. The lowest BCUT2D eigenvalue weighted by Crippen LogP contribution is -2.37. The second-order valence-corrected chi connectivity index (χ2v) is 3.66. The van der Waals surface area contributed by atoms with E-state index < -0.39 is 0 Å². The number of pyridine rings is 1. The number of nitrogens with zero attached hydrogens (tertiary/aromatic N) is 2. The van der Waals surface area contributed by atoms with Gasteiger partial charge in [0.25, 0.3) is 0 Å². The van der Waals surface area contributed by atoms with E-state index in [1.54, 1.807) is 6.20 Å². The summed E-state index contributed by atoms with van der Waals surface area (Å²) in [5, 5.41) is 0. The second-order valence-electron chi connectivity index (χ2n) is 3.66. The van der Waals surface area contributed by atoms with Gasteiger partial charge in [-0.15, -0.1) is 0 Å². The van der Waals surface area contributed by atoms with Crippen LogP contribution in [0.15, 0.2) is 24.5 Å². The minimum Gasteiger partial charge on any atom is -0.326 e. The summed E-state index contributed by atoms with van der Waals surface area (Å²) in [7, 11) is 2.08. The highest BCUT2D eigenvalue weighted by molar-refractivity contribution is 5.15. The topological polar surface area (TPSA) is 42.2 Å². The normalized spacial score (nSPS) is 15.5. The SMILES string of the molecule is CCN(C)C(c1cccnc1)C(C)N. The van der Waals surface area contributed by atoms with Crippen molar-refractivity contribution in [2.24, 2.45) is 5.73 Å². The molecule has 2 atom stereocenters. The van der Waals surface area contributed by atoms with E-state index in [0.29, 0.717) is 0 Å². The molecule has 0 fully saturated rings. The maximum Gasteiger partial charge on any atom is 0.0508 e. The van der Waals surface area contributed by atoms with Crippen LogP contribution < -0.4 is 5.73 Å². The van der Waals surface area contributed by atoms with Crippen LogP contribution in [0.3, 0.4) is 0 Å². The molecule has 1 aromatic rings. The van der Waals surface area contributed by atoms with Crippen LogP contribution in [0.25, 0.3) is 0 Å². The van der Waals surface area contributed by atoms with Crippen molar-refractivity contribution in [2.45, 2.75) is 25.9 Å². The van der Waals surface area contributed by atoms with E-state index in [4.69, 9.17) is 5.73 Å². The quantitative estimate of drug-likeness (QED) is 0.786. The molecule has 3 nitrogen and oxygen atoms in total. The number of rotatable bonds is 4. The molecule has 0 saturated carbocycles. The molecule has 3 heteroatoms. The molecule has 14 heavy (non-hydrogen) atoms. The summed E-state index contributed by atoms with van der Waals surface area (Å²) in [6.07, 6.45) is 3.67. The van der Waals surface area contributed by atoms with E-state index in [1.165, 1.54) is 5.56 Å². The molecule has 0 amide bonds. The van der Waals surface area contributed by atoms with Crippen molar-refractivity contribution in [3.8, 4) is 0 Å². The smallest absolute Gasteiger partial charge is 0.0508 e. The molecule has 78 valence electrons. The van der Waals surface area contributed by atoms with Crippen molar-refractivity contribution in [2.75, 3.05) is 13.6 Å². The van der Waals surface area contributed by atoms with Crippen molar-refractivity contribution in [3.63, 3.8) is 0 Å². The van der Waals surface area contributed by atoms with Gasteiger partial charge in [0.05, 0.1) is 6.04 Å². The highest BCUT2D eigenvalue weighted by Crippen LogP contribution is 2.20.